The molecule has 18 heavy (non-hydrogen) atoms. The molecule has 0 heterocycles. The Morgan fingerprint density at radius 3 is 2.39 bits per heavy atom. The van der Waals surface area contributed by atoms with Crippen LogP contribution in [0.3, 0.4) is 0 Å². The number of rotatable bonds is 6. The minimum Gasteiger partial charge on any atom is -0.494 e. The molecule has 0 saturated carbocycles. The van der Waals surface area contributed by atoms with Crippen LogP contribution in [0.25, 0.3) is 0 Å². The maximum absolute atomic E-state index is 11.3. The highest BCUT2D eigenvalue weighted by Gasteiger charge is 2.09. The Morgan fingerprint density at radius 2 is 1.89 bits per heavy atom. The standard InChI is InChI=1S/C12H18BNO4/c1-14(2)12(15)4-3-9-18-11-7-5-10(6-8-11)13(16)17/h5-8,16-17H,3-4,9H2,1-2H3. The van der Waals surface area contributed by atoms with Crippen molar-refractivity contribution in [1.29, 1.82) is 0 Å². The van der Waals surface area contributed by atoms with Crippen molar-refractivity contribution in [1.82, 2.24) is 4.90 Å². The lowest BCUT2D eigenvalue weighted by molar-refractivity contribution is -0.128. The van der Waals surface area contributed by atoms with E-state index in [-0.39, 0.29) is 5.91 Å². The van der Waals surface area contributed by atoms with Crippen LogP contribution in [0, 0.1) is 0 Å². The quantitative estimate of drug-likeness (QED) is 0.533. The number of carbonyl (C=O) groups is 1. The van der Waals surface area contributed by atoms with Crippen LogP contribution in [0.2, 0.25) is 0 Å². The summed E-state index contributed by atoms with van der Waals surface area (Å²) in [7, 11) is 1.99. The van der Waals surface area contributed by atoms with Crippen LogP contribution < -0.4 is 10.2 Å². The molecular weight excluding hydrogens is 233 g/mol. The van der Waals surface area contributed by atoms with Gasteiger partial charge in [-0.1, -0.05) is 12.1 Å². The lowest BCUT2D eigenvalue weighted by Gasteiger charge is -2.10. The first-order valence-corrected chi connectivity index (χ1v) is 5.79. The fourth-order valence-corrected chi connectivity index (χ4v) is 1.37. The van der Waals surface area contributed by atoms with Crippen molar-refractivity contribution >= 4 is 18.5 Å². The SMILES string of the molecule is CN(C)C(=O)CCCOc1ccc(B(O)O)cc1. The van der Waals surface area contributed by atoms with Gasteiger partial charge in [-0.2, -0.15) is 0 Å². The highest BCUT2D eigenvalue weighted by Crippen LogP contribution is 2.08. The molecule has 0 aliphatic rings. The van der Waals surface area contributed by atoms with Crippen molar-refractivity contribution in [2.45, 2.75) is 12.8 Å². The Hall–Kier alpha value is -1.53. The Balaban J connectivity index is 2.29. The summed E-state index contributed by atoms with van der Waals surface area (Å²) >= 11 is 0. The molecule has 1 aromatic rings. The first-order valence-electron chi connectivity index (χ1n) is 5.79. The van der Waals surface area contributed by atoms with Gasteiger partial charge in [0, 0.05) is 20.5 Å². The third-order valence-corrected chi connectivity index (χ3v) is 2.48. The highest BCUT2D eigenvalue weighted by molar-refractivity contribution is 6.58. The molecule has 0 bridgehead atoms. The molecule has 0 fully saturated rings. The smallest absolute Gasteiger partial charge is 0.488 e. The average molecular weight is 251 g/mol. The van der Waals surface area contributed by atoms with Crippen LogP contribution in [0.15, 0.2) is 24.3 Å². The number of hydrogen-bond acceptors (Lipinski definition) is 4. The third-order valence-electron chi connectivity index (χ3n) is 2.48. The number of carbonyl (C=O) groups excluding carboxylic acids is 1. The van der Waals surface area contributed by atoms with Crippen molar-refractivity contribution in [3.63, 3.8) is 0 Å². The predicted octanol–water partition coefficient (Wildman–Crippen LogP) is -0.386. The van der Waals surface area contributed by atoms with Gasteiger partial charge >= 0.3 is 7.12 Å². The van der Waals surface area contributed by atoms with E-state index in [0.29, 0.717) is 30.7 Å². The van der Waals surface area contributed by atoms with Crippen molar-refractivity contribution in [2.24, 2.45) is 0 Å². The summed E-state index contributed by atoms with van der Waals surface area (Å²) in [5.74, 6) is 0.731. The van der Waals surface area contributed by atoms with Crippen molar-refractivity contribution in [3.05, 3.63) is 24.3 Å². The zero-order valence-electron chi connectivity index (χ0n) is 10.7. The fourth-order valence-electron chi connectivity index (χ4n) is 1.37. The maximum Gasteiger partial charge on any atom is 0.488 e. The van der Waals surface area contributed by atoms with E-state index in [1.807, 2.05) is 0 Å². The monoisotopic (exact) mass is 251 g/mol. The van der Waals surface area contributed by atoms with Gasteiger partial charge in [0.05, 0.1) is 6.61 Å². The molecule has 0 unspecified atom stereocenters. The topological polar surface area (TPSA) is 70.0 Å². The maximum atomic E-state index is 11.3. The van der Waals surface area contributed by atoms with Crippen LogP contribution in [-0.2, 0) is 4.79 Å². The molecule has 98 valence electrons. The number of hydrogen-bond donors (Lipinski definition) is 2. The van der Waals surface area contributed by atoms with Gasteiger partial charge in [-0.05, 0) is 24.0 Å². The molecule has 0 aliphatic heterocycles. The summed E-state index contributed by atoms with van der Waals surface area (Å²) in [6.07, 6.45) is 1.11. The fraction of sp³-hybridized carbons (Fsp3) is 0.417. The number of benzene rings is 1. The second-order valence-electron chi connectivity index (χ2n) is 4.18. The first kappa shape index (κ1) is 14.5. The average Bonchev–Trinajstić information content (AvgIpc) is 2.34. The van der Waals surface area contributed by atoms with Crippen LogP contribution in [-0.4, -0.2) is 48.7 Å². The molecule has 0 saturated heterocycles. The Labute approximate surface area is 107 Å². The van der Waals surface area contributed by atoms with Crippen LogP contribution in [0.4, 0.5) is 0 Å². The van der Waals surface area contributed by atoms with Crippen molar-refractivity contribution < 1.29 is 19.6 Å². The van der Waals surface area contributed by atoms with Gasteiger partial charge in [-0.25, -0.2) is 0 Å². The van der Waals surface area contributed by atoms with Crippen molar-refractivity contribution in [3.8, 4) is 5.75 Å². The molecule has 1 amide bonds. The number of ether oxygens (including phenoxy) is 1. The molecule has 0 aliphatic carbocycles. The van der Waals surface area contributed by atoms with Gasteiger partial charge in [0.1, 0.15) is 5.75 Å². The van der Waals surface area contributed by atoms with Crippen LogP contribution in [0.1, 0.15) is 12.8 Å². The van der Waals surface area contributed by atoms with Gasteiger partial charge in [-0.3, -0.25) is 4.79 Å². The Bertz CT molecular complexity index is 378. The summed E-state index contributed by atoms with van der Waals surface area (Å²) in [4.78, 5) is 12.8. The van der Waals surface area contributed by atoms with E-state index in [1.165, 1.54) is 0 Å². The number of nitrogens with zero attached hydrogens (tertiary/aromatic N) is 1. The predicted molar refractivity (Wildman–Crippen MR) is 69.7 cm³/mol. The van der Waals surface area contributed by atoms with Gasteiger partial charge in [0.2, 0.25) is 5.91 Å². The summed E-state index contributed by atoms with van der Waals surface area (Å²) in [5.41, 5.74) is 0.421. The summed E-state index contributed by atoms with van der Waals surface area (Å²) < 4.78 is 5.44. The van der Waals surface area contributed by atoms with E-state index in [4.69, 9.17) is 14.8 Å². The first-order chi connectivity index (χ1) is 8.50. The van der Waals surface area contributed by atoms with Crippen LogP contribution in [0.5, 0.6) is 5.75 Å². The summed E-state index contributed by atoms with van der Waals surface area (Å²) in [6.45, 7) is 0.459. The van der Waals surface area contributed by atoms with Crippen molar-refractivity contribution in [2.75, 3.05) is 20.7 Å². The minimum absolute atomic E-state index is 0.0809. The molecule has 2 N–H and O–H groups in total. The molecule has 0 radical (unpaired) electrons. The molecular formula is C12H18BNO4. The lowest BCUT2D eigenvalue weighted by atomic mass is 9.80. The molecule has 0 spiro atoms. The largest absolute Gasteiger partial charge is 0.494 e. The normalized spacial score (nSPS) is 10.0. The van der Waals surface area contributed by atoms with Gasteiger partial charge < -0.3 is 19.7 Å². The Kier molecular flexibility index (Phi) is 5.68. The summed E-state index contributed by atoms with van der Waals surface area (Å²) in [5, 5.41) is 17.8. The van der Waals surface area contributed by atoms with E-state index in [0.717, 1.165) is 0 Å². The number of amides is 1. The molecule has 6 heteroatoms. The molecule has 1 rings (SSSR count). The molecule has 1 aromatic carbocycles. The zero-order valence-corrected chi connectivity index (χ0v) is 10.7. The summed E-state index contributed by atoms with van der Waals surface area (Å²) in [6, 6.07) is 6.51. The third kappa shape index (κ3) is 4.77. The van der Waals surface area contributed by atoms with E-state index >= 15 is 0 Å². The lowest BCUT2D eigenvalue weighted by Crippen LogP contribution is -2.29. The van der Waals surface area contributed by atoms with E-state index in [9.17, 15) is 4.79 Å². The second kappa shape index (κ2) is 7.03. The molecule has 0 atom stereocenters. The van der Waals surface area contributed by atoms with E-state index in [1.54, 1.807) is 43.3 Å². The van der Waals surface area contributed by atoms with Gasteiger partial charge in [0.25, 0.3) is 0 Å². The minimum atomic E-state index is -1.46. The molecule has 5 nitrogen and oxygen atoms in total. The van der Waals surface area contributed by atoms with E-state index < -0.39 is 7.12 Å². The second-order valence-corrected chi connectivity index (χ2v) is 4.18. The zero-order chi connectivity index (χ0) is 13.5. The highest BCUT2D eigenvalue weighted by atomic mass is 16.5. The van der Waals surface area contributed by atoms with Gasteiger partial charge in [-0.15, -0.1) is 0 Å². The Morgan fingerprint density at radius 1 is 1.28 bits per heavy atom. The van der Waals surface area contributed by atoms with E-state index in [2.05, 4.69) is 0 Å². The van der Waals surface area contributed by atoms with Gasteiger partial charge in [0.15, 0.2) is 0 Å². The molecule has 0 aromatic heterocycles. The van der Waals surface area contributed by atoms with Crippen LogP contribution >= 0.6 is 0 Å².